The number of carbonyl (C=O) groups is 3. The summed E-state index contributed by atoms with van der Waals surface area (Å²) in [6.07, 6.45) is 2.63. The van der Waals surface area contributed by atoms with Crippen molar-refractivity contribution in [2.45, 2.75) is 45.1 Å². The molecule has 3 atom stereocenters. The predicted molar refractivity (Wildman–Crippen MR) is 94.4 cm³/mol. The maximum Gasteiger partial charge on any atom is 0.308 e. The zero-order chi connectivity index (χ0) is 19.6. The van der Waals surface area contributed by atoms with E-state index in [0.29, 0.717) is 5.56 Å². The molecule has 2 aliphatic rings. The van der Waals surface area contributed by atoms with Crippen LogP contribution in [0.5, 0.6) is 0 Å². The van der Waals surface area contributed by atoms with E-state index in [0.717, 1.165) is 25.7 Å². The number of imide groups is 1. The fraction of sp³-hybridized carbons (Fsp3) is 0.526. The number of likely N-dealkylation sites (tertiary alicyclic amines) is 1. The Morgan fingerprint density at radius 2 is 1.89 bits per heavy atom. The van der Waals surface area contributed by atoms with E-state index in [1.165, 1.54) is 23.1 Å². The molecule has 0 N–H and O–H groups in total. The lowest BCUT2D eigenvalue weighted by atomic mass is 9.81. The highest BCUT2D eigenvalue weighted by molar-refractivity contribution is 6.05. The third-order valence-corrected chi connectivity index (χ3v) is 5.33. The Morgan fingerprint density at radius 1 is 1.26 bits per heavy atom. The van der Waals surface area contributed by atoms with Gasteiger partial charge in [-0.1, -0.05) is 25.0 Å². The van der Waals surface area contributed by atoms with E-state index in [1.54, 1.807) is 13.0 Å². The number of hydrogen-bond donors (Lipinski definition) is 0. The van der Waals surface area contributed by atoms with Crippen molar-refractivity contribution in [3.8, 4) is 0 Å². The summed E-state index contributed by atoms with van der Waals surface area (Å²) in [5.74, 6) is -1.37. The Labute approximate surface area is 156 Å². The largest absolute Gasteiger partial charge is 0.458 e. The number of hydrogen-bond acceptors (Lipinski definition) is 6. The summed E-state index contributed by atoms with van der Waals surface area (Å²) in [7, 11) is 0. The average Bonchev–Trinajstić information content (AvgIpc) is 2.91. The molecule has 2 fully saturated rings. The molecular formula is C19H22N2O6. The summed E-state index contributed by atoms with van der Waals surface area (Å²) in [5.41, 5.74) is 0.433. The van der Waals surface area contributed by atoms with Crippen molar-refractivity contribution in [3.63, 3.8) is 0 Å². The van der Waals surface area contributed by atoms with Crippen molar-refractivity contribution in [2.75, 3.05) is 6.54 Å². The van der Waals surface area contributed by atoms with Gasteiger partial charge in [-0.25, -0.2) is 0 Å². The quantitative estimate of drug-likeness (QED) is 0.328. The van der Waals surface area contributed by atoms with Gasteiger partial charge >= 0.3 is 5.97 Å². The minimum atomic E-state index is -0.662. The van der Waals surface area contributed by atoms with Crippen molar-refractivity contribution in [1.29, 1.82) is 0 Å². The molecule has 1 saturated heterocycles. The Kier molecular flexibility index (Phi) is 5.53. The van der Waals surface area contributed by atoms with E-state index in [4.69, 9.17) is 4.74 Å². The molecule has 0 unspecified atom stereocenters. The van der Waals surface area contributed by atoms with E-state index in [1.807, 2.05) is 0 Å². The van der Waals surface area contributed by atoms with E-state index in [9.17, 15) is 24.5 Å². The van der Waals surface area contributed by atoms with Crippen LogP contribution in [-0.2, 0) is 19.1 Å². The second-order valence-electron chi connectivity index (χ2n) is 7.06. The smallest absolute Gasteiger partial charge is 0.308 e. The van der Waals surface area contributed by atoms with Gasteiger partial charge in [0.25, 0.3) is 5.69 Å². The Morgan fingerprint density at radius 3 is 2.48 bits per heavy atom. The highest BCUT2D eigenvalue weighted by Crippen LogP contribution is 2.38. The lowest BCUT2D eigenvalue weighted by molar-refractivity contribution is -0.385. The fourth-order valence-electron chi connectivity index (χ4n) is 3.87. The van der Waals surface area contributed by atoms with Crippen molar-refractivity contribution in [1.82, 2.24) is 4.90 Å². The maximum absolute atomic E-state index is 12.4. The van der Waals surface area contributed by atoms with Gasteiger partial charge in [0, 0.05) is 18.7 Å². The van der Waals surface area contributed by atoms with Crippen molar-refractivity contribution >= 4 is 23.5 Å². The summed E-state index contributed by atoms with van der Waals surface area (Å²) >= 11 is 0. The number of non-ortho nitro benzene ring substituents is 1. The Balaban J connectivity index is 1.55. The van der Waals surface area contributed by atoms with Crippen LogP contribution in [0.2, 0.25) is 0 Å². The van der Waals surface area contributed by atoms with Gasteiger partial charge < -0.3 is 4.74 Å². The Hall–Kier alpha value is -2.77. The molecule has 27 heavy (non-hydrogen) atoms. The minimum absolute atomic E-state index is 0.0190. The number of amides is 2. The van der Waals surface area contributed by atoms with Gasteiger partial charge in [0.05, 0.1) is 23.2 Å². The molecule has 8 heteroatoms. The average molecular weight is 374 g/mol. The first-order valence-electron chi connectivity index (χ1n) is 9.17. The molecule has 0 radical (unpaired) electrons. The minimum Gasteiger partial charge on any atom is -0.458 e. The molecule has 1 heterocycles. The van der Waals surface area contributed by atoms with E-state index in [2.05, 4.69) is 0 Å². The summed E-state index contributed by atoms with van der Waals surface area (Å²) in [4.78, 5) is 48.4. The van der Waals surface area contributed by atoms with Crippen molar-refractivity contribution < 1.29 is 24.0 Å². The molecular weight excluding hydrogens is 352 g/mol. The summed E-state index contributed by atoms with van der Waals surface area (Å²) < 4.78 is 5.31. The van der Waals surface area contributed by atoms with E-state index in [-0.39, 0.29) is 42.3 Å². The monoisotopic (exact) mass is 374 g/mol. The number of rotatable bonds is 6. The second kappa shape index (κ2) is 7.85. The third kappa shape index (κ3) is 3.99. The number of esters is 1. The molecule has 1 aliphatic heterocycles. The molecule has 1 aromatic rings. The third-order valence-electron chi connectivity index (χ3n) is 5.33. The SMILES string of the molecule is C[C@@H](OC(=O)CCN1C(=O)[C@H]2CCCC[C@@H]2C1=O)c1cccc([N+](=O)[O-])c1. The lowest BCUT2D eigenvalue weighted by Crippen LogP contribution is -2.33. The molecule has 0 aromatic heterocycles. The van der Waals surface area contributed by atoms with Crippen molar-refractivity contribution in [2.24, 2.45) is 11.8 Å². The standard InChI is InChI=1S/C19H22N2O6/c1-12(13-5-4-6-14(11-13)21(25)26)27-17(22)9-10-20-18(23)15-7-2-3-8-16(15)19(20)24/h4-6,11-12,15-16H,2-3,7-10H2,1H3/t12-,15+,16+/m1/s1. The molecule has 1 aromatic carbocycles. The van der Waals surface area contributed by atoms with Gasteiger partial charge in [0.15, 0.2) is 0 Å². The number of fused-ring (bicyclic) bond motifs is 1. The van der Waals surface area contributed by atoms with Gasteiger partial charge in [-0.3, -0.25) is 29.4 Å². The highest BCUT2D eigenvalue weighted by atomic mass is 16.6. The molecule has 0 spiro atoms. The van der Waals surface area contributed by atoms with Gasteiger partial charge in [-0.15, -0.1) is 0 Å². The highest BCUT2D eigenvalue weighted by Gasteiger charge is 2.47. The van der Waals surface area contributed by atoms with Crippen LogP contribution >= 0.6 is 0 Å². The number of nitro groups is 1. The number of benzene rings is 1. The number of carbonyl (C=O) groups excluding carboxylic acids is 3. The summed E-state index contributed by atoms with van der Waals surface area (Å²) in [5, 5.41) is 10.8. The second-order valence-corrected chi connectivity index (χ2v) is 7.06. The molecule has 144 valence electrons. The van der Waals surface area contributed by atoms with Crippen LogP contribution in [0, 0.1) is 22.0 Å². The first-order valence-corrected chi connectivity index (χ1v) is 9.17. The van der Waals surface area contributed by atoms with Crippen LogP contribution in [0.4, 0.5) is 5.69 Å². The van der Waals surface area contributed by atoms with Gasteiger partial charge in [0.1, 0.15) is 6.10 Å². The molecule has 3 rings (SSSR count). The first-order chi connectivity index (χ1) is 12.9. The molecule has 1 saturated carbocycles. The van der Waals surface area contributed by atoms with E-state index < -0.39 is 17.0 Å². The van der Waals surface area contributed by atoms with Crippen LogP contribution in [0.25, 0.3) is 0 Å². The van der Waals surface area contributed by atoms with Gasteiger partial charge in [-0.05, 0) is 25.3 Å². The fourth-order valence-corrected chi connectivity index (χ4v) is 3.87. The van der Waals surface area contributed by atoms with Crippen LogP contribution < -0.4 is 0 Å². The molecule has 8 nitrogen and oxygen atoms in total. The zero-order valence-electron chi connectivity index (χ0n) is 15.1. The zero-order valence-corrected chi connectivity index (χ0v) is 15.1. The predicted octanol–water partition coefficient (Wildman–Crippen LogP) is 2.76. The van der Waals surface area contributed by atoms with Crippen LogP contribution in [0.3, 0.4) is 0 Å². The first kappa shape index (κ1) is 19.0. The van der Waals surface area contributed by atoms with Gasteiger partial charge in [-0.2, -0.15) is 0 Å². The summed E-state index contributed by atoms with van der Waals surface area (Å²) in [6, 6.07) is 5.89. The van der Waals surface area contributed by atoms with Crippen LogP contribution in [-0.4, -0.2) is 34.2 Å². The van der Waals surface area contributed by atoms with Crippen LogP contribution in [0.15, 0.2) is 24.3 Å². The number of ether oxygens (including phenoxy) is 1. The number of nitro benzene ring substituents is 1. The summed E-state index contributed by atoms with van der Waals surface area (Å²) in [6.45, 7) is 1.64. The lowest BCUT2D eigenvalue weighted by Gasteiger charge is -2.19. The maximum atomic E-state index is 12.4. The molecule has 2 amide bonds. The Bertz CT molecular complexity index is 753. The number of nitrogens with zero attached hydrogens (tertiary/aromatic N) is 2. The van der Waals surface area contributed by atoms with Crippen molar-refractivity contribution in [3.05, 3.63) is 39.9 Å². The molecule has 1 aliphatic carbocycles. The topological polar surface area (TPSA) is 107 Å². The molecule has 0 bridgehead atoms. The normalized spacial score (nSPS) is 23.1. The van der Waals surface area contributed by atoms with Gasteiger partial charge in [0.2, 0.25) is 11.8 Å². The van der Waals surface area contributed by atoms with E-state index >= 15 is 0 Å². The van der Waals surface area contributed by atoms with Crippen LogP contribution in [0.1, 0.15) is 50.7 Å².